The van der Waals surface area contributed by atoms with Crippen LogP contribution in [-0.4, -0.2) is 31.0 Å². The van der Waals surface area contributed by atoms with Gasteiger partial charge in [0.15, 0.2) is 5.82 Å². The number of aromatic nitrogens is 3. The molecule has 0 amide bonds. The molecule has 2 N–H and O–H groups in total. The Balaban J connectivity index is 2.08. The number of hydrogen-bond acceptors (Lipinski definition) is 4. The van der Waals surface area contributed by atoms with Gasteiger partial charge in [0, 0.05) is 23.5 Å². The van der Waals surface area contributed by atoms with Gasteiger partial charge in [-0.15, -0.1) is 0 Å². The van der Waals surface area contributed by atoms with Crippen molar-refractivity contribution in [2.24, 2.45) is 0 Å². The predicted octanol–water partition coefficient (Wildman–Crippen LogP) is 2.86. The molecule has 0 spiro atoms. The van der Waals surface area contributed by atoms with Gasteiger partial charge in [-0.3, -0.25) is 4.98 Å². The minimum atomic E-state index is -0.994. The lowest BCUT2D eigenvalue weighted by atomic mass is 10.1. The number of hydrogen-bond donors (Lipinski definition) is 2. The topological polar surface area (TPSA) is 88.2 Å². The molecule has 6 heteroatoms. The van der Waals surface area contributed by atoms with Crippen LogP contribution < -0.4 is 0 Å². The molecule has 0 bridgehead atoms. The lowest BCUT2D eigenvalue weighted by molar-refractivity contribution is 0.0697. The molecule has 3 rings (SSSR count). The lowest BCUT2D eigenvalue weighted by Gasteiger charge is -2.05. The summed E-state index contributed by atoms with van der Waals surface area (Å²) in [5.74, 6) is -0.639. The van der Waals surface area contributed by atoms with Gasteiger partial charge in [-0.25, -0.2) is 9.78 Å². The summed E-state index contributed by atoms with van der Waals surface area (Å²) in [4.78, 5) is 19.3. The quantitative estimate of drug-likeness (QED) is 0.725. The fourth-order valence-electron chi connectivity index (χ4n) is 2.30. The van der Waals surface area contributed by atoms with Crippen molar-refractivity contribution in [3.63, 3.8) is 0 Å². The highest BCUT2D eigenvalue weighted by molar-refractivity contribution is 5.88. The van der Waals surface area contributed by atoms with Crippen molar-refractivity contribution in [1.29, 1.82) is 0 Å². The van der Waals surface area contributed by atoms with Crippen LogP contribution in [0.1, 0.15) is 16.1 Å². The maximum absolute atomic E-state index is 10.9. The van der Waals surface area contributed by atoms with Gasteiger partial charge in [0.1, 0.15) is 5.69 Å². The van der Waals surface area contributed by atoms with Crippen molar-refractivity contribution in [3.8, 4) is 22.6 Å². The summed E-state index contributed by atoms with van der Waals surface area (Å²) in [5, 5.41) is 19.3. The van der Waals surface area contributed by atoms with Gasteiger partial charge < -0.3 is 10.3 Å². The zero-order valence-corrected chi connectivity index (χ0v) is 11.8. The summed E-state index contributed by atoms with van der Waals surface area (Å²) in [6, 6.07) is 9.80. The number of nitrogens with zero attached hydrogens (tertiary/aromatic N) is 3. The summed E-state index contributed by atoms with van der Waals surface area (Å²) in [6.45, 7) is 1.80. The van der Waals surface area contributed by atoms with Gasteiger partial charge in [0.25, 0.3) is 0 Å². The Morgan fingerprint density at radius 1 is 1.14 bits per heavy atom. The van der Waals surface area contributed by atoms with Crippen LogP contribution in [0, 0.1) is 6.92 Å². The van der Waals surface area contributed by atoms with E-state index in [1.54, 1.807) is 37.5 Å². The fraction of sp³-hybridized carbons (Fsp3) is 0.0625. The molecule has 0 atom stereocenters. The molecule has 0 aliphatic rings. The first-order valence-corrected chi connectivity index (χ1v) is 6.60. The van der Waals surface area contributed by atoms with E-state index >= 15 is 0 Å². The lowest BCUT2D eigenvalue weighted by Crippen LogP contribution is -1.99. The molecule has 3 aromatic rings. The molecule has 0 unspecified atom stereocenters. The molecule has 2 aromatic heterocycles. The summed E-state index contributed by atoms with van der Waals surface area (Å²) in [5.41, 5.74) is 2.79. The molecule has 110 valence electrons. The number of benzene rings is 1. The summed E-state index contributed by atoms with van der Waals surface area (Å²) < 4.78 is 1.00. The van der Waals surface area contributed by atoms with Crippen LogP contribution in [0.2, 0.25) is 0 Å². The van der Waals surface area contributed by atoms with E-state index in [1.165, 1.54) is 12.1 Å². The summed E-state index contributed by atoms with van der Waals surface area (Å²) in [7, 11) is 0. The minimum Gasteiger partial charge on any atom is -0.478 e. The molecular formula is C16H13N3O3. The van der Waals surface area contributed by atoms with E-state index in [9.17, 15) is 10.0 Å². The maximum Gasteiger partial charge on any atom is 0.335 e. The van der Waals surface area contributed by atoms with E-state index < -0.39 is 5.97 Å². The van der Waals surface area contributed by atoms with Crippen molar-refractivity contribution in [3.05, 3.63) is 60.0 Å². The molecule has 1 aromatic carbocycles. The highest BCUT2D eigenvalue weighted by Gasteiger charge is 2.17. The number of aryl methyl sites for hydroxylation is 1. The van der Waals surface area contributed by atoms with Crippen molar-refractivity contribution in [1.82, 2.24) is 14.7 Å². The Morgan fingerprint density at radius 3 is 2.45 bits per heavy atom. The van der Waals surface area contributed by atoms with Crippen molar-refractivity contribution in [2.45, 2.75) is 6.92 Å². The number of rotatable bonds is 3. The van der Waals surface area contributed by atoms with Crippen molar-refractivity contribution >= 4 is 5.97 Å². The predicted molar refractivity (Wildman–Crippen MR) is 79.8 cm³/mol. The average molecular weight is 295 g/mol. The Morgan fingerprint density at radius 2 is 1.86 bits per heavy atom. The Bertz CT molecular complexity index is 824. The van der Waals surface area contributed by atoms with E-state index in [0.717, 1.165) is 10.3 Å². The van der Waals surface area contributed by atoms with Crippen LogP contribution in [-0.2, 0) is 0 Å². The van der Waals surface area contributed by atoms with E-state index in [0.29, 0.717) is 22.8 Å². The largest absolute Gasteiger partial charge is 0.478 e. The number of imidazole rings is 1. The van der Waals surface area contributed by atoms with Crippen LogP contribution in [0.25, 0.3) is 22.6 Å². The molecule has 0 fully saturated rings. The number of pyridine rings is 1. The first kappa shape index (κ1) is 13.8. The van der Waals surface area contributed by atoms with Crippen LogP contribution in [0.5, 0.6) is 0 Å². The maximum atomic E-state index is 10.9. The third-order valence-electron chi connectivity index (χ3n) is 3.35. The second-order valence-electron chi connectivity index (χ2n) is 4.81. The molecule has 0 aliphatic heterocycles. The van der Waals surface area contributed by atoms with E-state index in [1.807, 2.05) is 6.07 Å². The average Bonchev–Trinajstić information content (AvgIpc) is 2.83. The molecule has 6 nitrogen and oxygen atoms in total. The van der Waals surface area contributed by atoms with Gasteiger partial charge in [-0.05, 0) is 31.2 Å². The number of carbonyl (C=O) groups is 1. The Kier molecular flexibility index (Phi) is 3.34. The second kappa shape index (κ2) is 5.33. The number of carboxylic acid groups (broad SMARTS) is 1. The van der Waals surface area contributed by atoms with Crippen molar-refractivity contribution in [2.75, 3.05) is 0 Å². The molecule has 22 heavy (non-hydrogen) atoms. The normalized spacial score (nSPS) is 10.6. The van der Waals surface area contributed by atoms with Gasteiger partial charge in [-0.2, -0.15) is 4.73 Å². The third-order valence-corrected chi connectivity index (χ3v) is 3.35. The van der Waals surface area contributed by atoms with Crippen LogP contribution in [0.15, 0.2) is 48.8 Å². The molecular weight excluding hydrogens is 282 g/mol. The standard InChI is InChI=1S/C16H13N3O3/c1-10-14(13-3-2-8-17-9-13)19(22)15(18-10)11-4-6-12(7-5-11)16(20)21/h2-9,22H,1H3,(H,20,21). The van der Waals surface area contributed by atoms with E-state index in [2.05, 4.69) is 9.97 Å². The number of aromatic carboxylic acids is 1. The minimum absolute atomic E-state index is 0.184. The molecule has 0 saturated heterocycles. The summed E-state index contributed by atoms with van der Waals surface area (Å²) in [6.07, 6.45) is 3.30. The van der Waals surface area contributed by atoms with Crippen molar-refractivity contribution < 1.29 is 15.1 Å². The van der Waals surface area contributed by atoms with Gasteiger partial charge >= 0.3 is 5.97 Å². The van der Waals surface area contributed by atoms with Crippen LogP contribution in [0.3, 0.4) is 0 Å². The highest BCUT2D eigenvalue weighted by atomic mass is 16.5. The van der Waals surface area contributed by atoms with Gasteiger partial charge in [0.2, 0.25) is 0 Å². The zero-order chi connectivity index (χ0) is 15.7. The highest BCUT2D eigenvalue weighted by Crippen LogP contribution is 2.28. The Hall–Kier alpha value is -3.15. The van der Waals surface area contributed by atoms with Crippen LogP contribution >= 0.6 is 0 Å². The first-order chi connectivity index (χ1) is 10.6. The fourth-order valence-corrected chi connectivity index (χ4v) is 2.30. The second-order valence-corrected chi connectivity index (χ2v) is 4.81. The molecule has 0 aliphatic carbocycles. The molecule has 0 radical (unpaired) electrons. The SMILES string of the molecule is Cc1nc(-c2ccc(C(=O)O)cc2)n(O)c1-c1cccnc1. The van der Waals surface area contributed by atoms with E-state index in [-0.39, 0.29) is 5.56 Å². The van der Waals surface area contributed by atoms with Gasteiger partial charge in [-0.1, -0.05) is 12.1 Å². The Labute approximate surface area is 126 Å². The third kappa shape index (κ3) is 2.31. The summed E-state index contributed by atoms with van der Waals surface area (Å²) >= 11 is 0. The zero-order valence-electron chi connectivity index (χ0n) is 11.8. The molecule has 2 heterocycles. The molecule has 0 saturated carbocycles. The number of carboxylic acids is 1. The smallest absolute Gasteiger partial charge is 0.335 e. The van der Waals surface area contributed by atoms with E-state index in [4.69, 9.17) is 5.11 Å². The first-order valence-electron chi connectivity index (χ1n) is 6.60. The van der Waals surface area contributed by atoms with Crippen LogP contribution in [0.4, 0.5) is 0 Å². The monoisotopic (exact) mass is 295 g/mol. The van der Waals surface area contributed by atoms with Gasteiger partial charge in [0.05, 0.1) is 11.3 Å².